The Bertz CT molecular complexity index is 430. The molecule has 100 valence electrons. The third-order valence-electron chi connectivity index (χ3n) is 2.67. The van der Waals surface area contributed by atoms with Gasteiger partial charge in [-0.1, -0.05) is 13.8 Å². The van der Waals surface area contributed by atoms with Gasteiger partial charge in [0, 0.05) is 17.8 Å². The molecule has 1 atom stereocenters. The number of hydrogen-bond acceptors (Lipinski definition) is 2. The molecule has 0 aliphatic heterocycles. The molecule has 6 heteroatoms. The highest BCUT2D eigenvalue weighted by molar-refractivity contribution is 5.94. The highest BCUT2D eigenvalue weighted by atomic mass is 19.4. The molecule has 1 amide bonds. The Morgan fingerprint density at radius 1 is 1.33 bits per heavy atom. The summed E-state index contributed by atoms with van der Waals surface area (Å²) < 4.78 is 37.3. The lowest BCUT2D eigenvalue weighted by molar-refractivity contribution is -0.141. The van der Waals surface area contributed by atoms with Gasteiger partial charge in [-0.25, -0.2) is 0 Å². The van der Waals surface area contributed by atoms with Gasteiger partial charge in [0.1, 0.15) is 5.69 Å². The van der Waals surface area contributed by atoms with Crippen molar-refractivity contribution < 1.29 is 18.0 Å². The van der Waals surface area contributed by atoms with Crippen LogP contribution < -0.4 is 5.32 Å². The van der Waals surface area contributed by atoms with Gasteiger partial charge in [-0.2, -0.15) is 13.2 Å². The summed E-state index contributed by atoms with van der Waals surface area (Å²) >= 11 is 0. The zero-order valence-corrected chi connectivity index (χ0v) is 10.4. The number of alkyl halides is 3. The Labute approximate surface area is 103 Å². The summed E-state index contributed by atoms with van der Waals surface area (Å²) in [5, 5.41) is 2.64. The van der Waals surface area contributed by atoms with Crippen LogP contribution in [0, 0.1) is 5.92 Å². The average molecular weight is 260 g/mol. The van der Waals surface area contributed by atoms with Crippen molar-refractivity contribution in [3.8, 4) is 0 Å². The van der Waals surface area contributed by atoms with E-state index in [-0.39, 0.29) is 17.5 Å². The molecule has 0 bridgehead atoms. The van der Waals surface area contributed by atoms with Crippen molar-refractivity contribution in [1.29, 1.82) is 0 Å². The van der Waals surface area contributed by atoms with Gasteiger partial charge in [0.15, 0.2) is 0 Å². The number of pyridine rings is 1. The van der Waals surface area contributed by atoms with E-state index in [0.29, 0.717) is 0 Å². The maximum absolute atomic E-state index is 12.4. The third-order valence-corrected chi connectivity index (χ3v) is 2.67. The van der Waals surface area contributed by atoms with Gasteiger partial charge in [-0.05, 0) is 25.0 Å². The number of carbonyl (C=O) groups excluding carboxylic acids is 1. The molecule has 0 fully saturated rings. The van der Waals surface area contributed by atoms with Crippen LogP contribution in [-0.4, -0.2) is 16.9 Å². The van der Waals surface area contributed by atoms with Crippen LogP contribution in [0.1, 0.15) is 36.8 Å². The molecule has 1 aromatic heterocycles. The first-order valence-corrected chi connectivity index (χ1v) is 5.56. The second kappa shape index (κ2) is 5.37. The first-order chi connectivity index (χ1) is 8.21. The predicted octanol–water partition coefficient (Wildman–Crippen LogP) is 2.87. The zero-order chi connectivity index (χ0) is 13.9. The fraction of sp³-hybridized carbons (Fsp3) is 0.500. The van der Waals surface area contributed by atoms with Crippen molar-refractivity contribution in [2.24, 2.45) is 5.92 Å². The van der Waals surface area contributed by atoms with E-state index in [1.54, 1.807) is 6.92 Å². The summed E-state index contributed by atoms with van der Waals surface area (Å²) in [6.45, 7) is 5.63. The SMILES string of the molecule is CC(C)[C@H](C)NC(=O)c1ccnc(C(F)(F)F)c1. The van der Waals surface area contributed by atoms with E-state index in [1.807, 2.05) is 13.8 Å². The number of nitrogens with one attached hydrogen (secondary N) is 1. The summed E-state index contributed by atoms with van der Waals surface area (Å²) in [5.74, 6) is -0.318. The van der Waals surface area contributed by atoms with Crippen LogP contribution in [0.4, 0.5) is 13.2 Å². The molecule has 0 spiro atoms. The number of hydrogen-bond donors (Lipinski definition) is 1. The molecule has 1 heterocycles. The van der Waals surface area contributed by atoms with Gasteiger partial charge >= 0.3 is 6.18 Å². The Balaban J connectivity index is 2.87. The molecule has 1 aromatic rings. The van der Waals surface area contributed by atoms with E-state index in [9.17, 15) is 18.0 Å². The molecule has 1 N–H and O–H groups in total. The summed E-state index contributed by atoms with van der Waals surface area (Å²) in [6.07, 6.45) is -3.56. The van der Waals surface area contributed by atoms with E-state index in [2.05, 4.69) is 10.3 Å². The first kappa shape index (κ1) is 14.5. The molecular formula is C12H15F3N2O. The standard InChI is InChI=1S/C12H15F3N2O/c1-7(2)8(3)17-11(18)9-4-5-16-10(6-9)12(13,14)15/h4-8H,1-3H3,(H,17,18)/t8-/m0/s1. The molecule has 0 unspecified atom stereocenters. The maximum atomic E-state index is 12.4. The van der Waals surface area contributed by atoms with Gasteiger partial charge < -0.3 is 5.32 Å². The summed E-state index contributed by atoms with van der Waals surface area (Å²) in [6, 6.07) is 1.90. The normalized spacial score (nSPS) is 13.5. The van der Waals surface area contributed by atoms with Crippen LogP contribution in [-0.2, 0) is 6.18 Å². The van der Waals surface area contributed by atoms with E-state index in [0.717, 1.165) is 12.3 Å². The smallest absolute Gasteiger partial charge is 0.349 e. The quantitative estimate of drug-likeness (QED) is 0.908. The number of aromatic nitrogens is 1. The van der Waals surface area contributed by atoms with E-state index in [1.165, 1.54) is 6.07 Å². The van der Waals surface area contributed by atoms with Crippen LogP contribution in [0.3, 0.4) is 0 Å². The fourth-order valence-electron chi connectivity index (χ4n) is 1.18. The van der Waals surface area contributed by atoms with Gasteiger partial charge in [-0.15, -0.1) is 0 Å². The summed E-state index contributed by atoms with van der Waals surface area (Å²) in [7, 11) is 0. The Kier molecular flexibility index (Phi) is 4.32. The monoisotopic (exact) mass is 260 g/mol. The minimum absolute atomic E-state index is 0.0372. The Hall–Kier alpha value is -1.59. The van der Waals surface area contributed by atoms with Gasteiger partial charge in [0.05, 0.1) is 0 Å². The molecule has 0 aliphatic rings. The van der Waals surface area contributed by atoms with E-state index < -0.39 is 17.8 Å². The van der Waals surface area contributed by atoms with Crippen LogP contribution in [0.25, 0.3) is 0 Å². The summed E-state index contributed by atoms with van der Waals surface area (Å²) in [4.78, 5) is 14.9. The zero-order valence-electron chi connectivity index (χ0n) is 10.4. The minimum Gasteiger partial charge on any atom is -0.349 e. The predicted molar refractivity (Wildman–Crippen MR) is 61.0 cm³/mol. The molecule has 0 aromatic carbocycles. The highest BCUT2D eigenvalue weighted by Gasteiger charge is 2.33. The van der Waals surface area contributed by atoms with Gasteiger partial charge in [-0.3, -0.25) is 9.78 Å². The van der Waals surface area contributed by atoms with Gasteiger partial charge in [0.25, 0.3) is 5.91 Å². The molecule has 18 heavy (non-hydrogen) atoms. The van der Waals surface area contributed by atoms with E-state index in [4.69, 9.17) is 0 Å². The lowest BCUT2D eigenvalue weighted by Crippen LogP contribution is -2.36. The Morgan fingerprint density at radius 2 is 1.94 bits per heavy atom. The maximum Gasteiger partial charge on any atom is 0.433 e. The number of carbonyl (C=O) groups is 1. The van der Waals surface area contributed by atoms with Gasteiger partial charge in [0.2, 0.25) is 0 Å². The van der Waals surface area contributed by atoms with Crippen molar-refractivity contribution in [3.63, 3.8) is 0 Å². The lowest BCUT2D eigenvalue weighted by atomic mass is 10.1. The van der Waals surface area contributed by atoms with E-state index >= 15 is 0 Å². The van der Waals surface area contributed by atoms with Crippen molar-refractivity contribution in [1.82, 2.24) is 10.3 Å². The molecule has 0 saturated heterocycles. The molecule has 0 radical (unpaired) electrons. The molecule has 0 aliphatic carbocycles. The van der Waals surface area contributed by atoms with Crippen molar-refractivity contribution >= 4 is 5.91 Å². The minimum atomic E-state index is -4.54. The highest BCUT2D eigenvalue weighted by Crippen LogP contribution is 2.27. The van der Waals surface area contributed by atoms with Crippen molar-refractivity contribution in [3.05, 3.63) is 29.6 Å². The number of halogens is 3. The van der Waals surface area contributed by atoms with Crippen molar-refractivity contribution in [2.45, 2.75) is 33.0 Å². The van der Waals surface area contributed by atoms with Crippen molar-refractivity contribution in [2.75, 3.05) is 0 Å². The first-order valence-electron chi connectivity index (χ1n) is 5.56. The molecule has 1 rings (SSSR count). The summed E-state index contributed by atoms with van der Waals surface area (Å²) in [5.41, 5.74) is -1.10. The molecule has 0 saturated carbocycles. The van der Waals surface area contributed by atoms with Crippen LogP contribution in [0.5, 0.6) is 0 Å². The average Bonchev–Trinajstić information content (AvgIpc) is 2.27. The topological polar surface area (TPSA) is 42.0 Å². The number of nitrogens with zero attached hydrogens (tertiary/aromatic N) is 1. The number of rotatable bonds is 3. The third kappa shape index (κ3) is 3.72. The lowest BCUT2D eigenvalue weighted by Gasteiger charge is -2.17. The molecule has 3 nitrogen and oxygen atoms in total. The Morgan fingerprint density at radius 3 is 2.44 bits per heavy atom. The second-order valence-electron chi connectivity index (χ2n) is 4.43. The van der Waals surface area contributed by atoms with Crippen LogP contribution in [0.15, 0.2) is 18.3 Å². The fourth-order valence-corrected chi connectivity index (χ4v) is 1.18. The largest absolute Gasteiger partial charge is 0.433 e. The number of amides is 1. The second-order valence-corrected chi connectivity index (χ2v) is 4.43. The van der Waals surface area contributed by atoms with Crippen LogP contribution >= 0.6 is 0 Å². The molecular weight excluding hydrogens is 245 g/mol. The van der Waals surface area contributed by atoms with Crippen LogP contribution in [0.2, 0.25) is 0 Å².